The molecule has 24 heavy (non-hydrogen) atoms. The van der Waals surface area contributed by atoms with Gasteiger partial charge in [0.2, 0.25) is 5.91 Å². The van der Waals surface area contributed by atoms with E-state index in [4.69, 9.17) is 0 Å². The summed E-state index contributed by atoms with van der Waals surface area (Å²) in [5.74, 6) is -1.21. The van der Waals surface area contributed by atoms with E-state index >= 15 is 0 Å². The van der Waals surface area contributed by atoms with Gasteiger partial charge in [-0.05, 0) is 30.3 Å². The van der Waals surface area contributed by atoms with Crippen LogP contribution in [0.25, 0.3) is 0 Å². The normalized spacial score (nSPS) is 16.9. The van der Waals surface area contributed by atoms with Crippen LogP contribution in [0.4, 0.5) is 14.5 Å². The Morgan fingerprint density at radius 3 is 2.67 bits per heavy atom. The maximum atomic E-state index is 13.7. The molecule has 2 amide bonds. The quantitative estimate of drug-likeness (QED) is 0.927. The first-order valence-electron chi connectivity index (χ1n) is 7.26. The SMILES string of the molecule is O=C(Nc1ccccc1F)[C@@H]1CSCN1C(=O)c1cccc(F)c1. The molecule has 0 bridgehead atoms. The Bertz CT molecular complexity index is 785. The molecule has 1 heterocycles. The molecular weight excluding hydrogens is 334 g/mol. The fraction of sp³-hybridized carbons (Fsp3) is 0.176. The Hall–Kier alpha value is -2.41. The largest absolute Gasteiger partial charge is 0.322 e. The molecule has 1 atom stereocenters. The molecule has 1 saturated heterocycles. The minimum atomic E-state index is -0.731. The van der Waals surface area contributed by atoms with Crippen LogP contribution in [-0.2, 0) is 4.79 Å². The highest BCUT2D eigenvalue weighted by Crippen LogP contribution is 2.25. The lowest BCUT2D eigenvalue weighted by Gasteiger charge is -2.23. The fourth-order valence-electron chi connectivity index (χ4n) is 2.43. The van der Waals surface area contributed by atoms with Crippen LogP contribution in [0.1, 0.15) is 10.4 Å². The zero-order valence-electron chi connectivity index (χ0n) is 12.5. The zero-order chi connectivity index (χ0) is 17.1. The van der Waals surface area contributed by atoms with Gasteiger partial charge in [-0.3, -0.25) is 9.59 Å². The number of carbonyl (C=O) groups is 2. The van der Waals surface area contributed by atoms with Crippen molar-refractivity contribution in [2.24, 2.45) is 0 Å². The summed E-state index contributed by atoms with van der Waals surface area (Å²) in [4.78, 5) is 26.3. The molecule has 0 aromatic heterocycles. The lowest BCUT2D eigenvalue weighted by molar-refractivity contribution is -0.119. The molecular formula is C17H14F2N2O2S. The Morgan fingerprint density at radius 1 is 1.12 bits per heavy atom. The van der Waals surface area contributed by atoms with E-state index < -0.39 is 29.5 Å². The molecule has 1 aliphatic heterocycles. The number of carbonyl (C=O) groups excluding carboxylic acids is 2. The van der Waals surface area contributed by atoms with Gasteiger partial charge < -0.3 is 10.2 Å². The fourth-order valence-corrected chi connectivity index (χ4v) is 3.58. The third-order valence-corrected chi connectivity index (χ3v) is 4.66. The molecule has 3 rings (SSSR count). The van der Waals surface area contributed by atoms with Gasteiger partial charge in [0.25, 0.3) is 5.91 Å². The van der Waals surface area contributed by atoms with Crippen LogP contribution in [0.15, 0.2) is 48.5 Å². The Balaban J connectivity index is 1.76. The predicted molar refractivity (Wildman–Crippen MR) is 88.7 cm³/mol. The van der Waals surface area contributed by atoms with Crippen molar-refractivity contribution in [3.63, 3.8) is 0 Å². The van der Waals surface area contributed by atoms with E-state index in [1.165, 1.54) is 53.1 Å². The van der Waals surface area contributed by atoms with Crippen molar-refractivity contribution in [1.82, 2.24) is 4.90 Å². The number of thioether (sulfide) groups is 1. The molecule has 7 heteroatoms. The van der Waals surface area contributed by atoms with Gasteiger partial charge >= 0.3 is 0 Å². The number of anilines is 1. The van der Waals surface area contributed by atoms with Crippen LogP contribution in [0.5, 0.6) is 0 Å². The number of hydrogen-bond donors (Lipinski definition) is 1. The zero-order valence-corrected chi connectivity index (χ0v) is 13.4. The molecule has 2 aromatic rings. The lowest BCUT2D eigenvalue weighted by atomic mass is 10.1. The highest BCUT2D eigenvalue weighted by atomic mass is 32.2. The molecule has 124 valence electrons. The summed E-state index contributed by atoms with van der Waals surface area (Å²) in [6.45, 7) is 0. The van der Waals surface area contributed by atoms with Crippen molar-refractivity contribution < 1.29 is 18.4 Å². The molecule has 1 fully saturated rings. The minimum absolute atomic E-state index is 0.0672. The molecule has 0 unspecified atom stereocenters. The summed E-state index contributed by atoms with van der Waals surface area (Å²) in [6, 6.07) is 10.4. The summed E-state index contributed by atoms with van der Waals surface area (Å²) in [6.07, 6.45) is 0. The highest BCUT2D eigenvalue weighted by Gasteiger charge is 2.35. The summed E-state index contributed by atoms with van der Waals surface area (Å²) >= 11 is 1.42. The van der Waals surface area contributed by atoms with Gasteiger partial charge in [0.1, 0.15) is 17.7 Å². The van der Waals surface area contributed by atoms with Crippen LogP contribution in [0.2, 0.25) is 0 Å². The van der Waals surface area contributed by atoms with Crippen LogP contribution in [-0.4, -0.2) is 34.4 Å². The van der Waals surface area contributed by atoms with E-state index in [0.29, 0.717) is 11.6 Å². The average molecular weight is 348 g/mol. The van der Waals surface area contributed by atoms with Gasteiger partial charge in [-0.2, -0.15) is 0 Å². The van der Waals surface area contributed by atoms with Crippen LogP contribution in [0, 0.1) is 11.6 Å². The maximum absolute atomic E-state index is 13.7. The first kappa shape index (κ1) is 16.4. The Labute approximate surface area is 141 Å². The van der Waals surface area contributed by atoms with Gasteiger partial charge in [0, 0.05) is 11.3 Å². The third kappa shape index (κ3) is 3.41. The van der Waals surface area contributed by atoms with Gasteiger partial charge in [-0.15, -0.1) is 11.8 Å². The summed E-state index contributed by atoms with van der Waals surface area (Å²) in [5.41, 5.74) is 0.249. The lowest BCUT2D eigenvalue weighted by Crippen LogP contribution is -2.44. The van der Waals surface area contributed by atoms with E-state index in [0.717, 1.165) is 6.07 Å². The van der Waals surface area contributed by atoms with Crippen molar-refractivity contribution >= 4 is 29.3 Å². The molecule has 2 aromatic carbocycles. The molecule has 0 radical (unpaired) electrons. The maximum Gasteiger partial charge on any atom is 0.255 e. The number of hydrogen-bond acceptors (Lipinski definition) is 3. The van der Waals surface area contributed by atoms with Crippen molar-refractivity contribution in [1.29, 1.82) is 0 Å². The van der Waals surface area contributed by atoms with E-state index in [2.05, 4.69) is 5.32 Å². The van der Waals surface area contributed by atoms with Gasteiger partial charge in [-0.25, -0.2) is 8.78 Å². The van der Waals surface area contributed by atoms with Gasteiger partial charge in [0.15, 0.2) is 0 Å². The third-order valence-electron chi connectivity index (χ3n) is 3.65. The molecule has 1 N–H and O–H groups in total. The average Bonchev–Trinajstić information content (AvgIpc) is 3.06. The second kappa shape index (κ2) is 7.00. The van der Waals surface area contributed by atoms with Crippen LogP contribution >= 0.6 is 11.8 Å². The van der Waals surface area contributed by atoms with Crippen molar-refractivity contribution in [3.05, 3.63) is 65.7 Å². The number of amides is 2. The molecule has 0 spiro atoms. The summed E-state index contributed by atoms with van der Waals surface area (Å²) < 4.78 is 27.0. The van der Waals surface area contributed by atoms with Crippen molar-refractivity contribution in [2.75, 3.05) is 16.9 Å². The Kier molecular flexibility index (Phi) is 4.80. The number of para-hydroxylation sites is 1. The number of rotatable bonds is 3. The molecule has 0 aliphatic carbocycles. The number of nitrogens with one attached hydrogen (secondary N) is 1. The summed E-state index contributed by atoms with van der Waals surface area (Å²) in [7, 11) is 0. The molecule has 0 saturated carbocycles. The molecule has 1 aliphatic rings. The van der Waals surface area contributed by atoms with E-state index in [-0.39, 0.29) is 11.3 Å². The predicted octanol–water partition coefficient (Wildman–Crippen LogP) is 3.12. The smallest absolute Gasteiger partial charge is 0.255 e. The van der Waals surface area contributed by atoms with Gasteiger partial charge in [-0.1, -0.05) is 18.2 Å². The highest BCUT2D eigenvalue weighted by molar-refractivity contribution is 7.99. The first-order chi connectivity index (χ1) is 11.6. The standard InChI is InChI=1S/C17H14F2N2O2S/c18-12-5-3-4-11(8-12)17(23)21-10-24-9-15(21)16(22)20-14-7-2-1-6-13(14)19/h1-8,15H,9-10H2,(H,20,22)/t15-/m0/s1. The monoisotopic (exact) mass is 348 g/mol. The van der Waals surface area contributed by atoms with Crippen molar-refractivity contribution in [2.45, 2.75) is 6.04 Å². The van der Waals surface area contributed by atoms with E-state index in [9.17, 15) is 18.4 Å². The topological polar surface area (TPSA) is 49.4 Å². The molecule has 4 nitrogen and oxygen atoms in total. The second-order valence-corrected chi connectivity index (χ2v) is 6.27. The number of nitrogens with zero attached hydrogens (tertiary/aromatic N) is 1. The van der Waals surface area contributed by atoms with E-state index in [1.807, 2.05) is 0 Å². The van der Waals surface area contributed by atoms with Crippen molar-refractivity contribution in [3.8, 4) is 0 Å². The minimum Gasteiger partial charge on any atom is -0.322 e. The van der Waals surface area contributed by atoms with E-state index in [1.54, 1.807) is 6.07 Å². The number of halogens is 2. The first-order valence-corrected chi connectivity index (χ1v) is 8.41. The van der Waals surface area contributed by atoms with Crippen LogP contribution < -0.4 is 5.32 Å². The Morgan fingerprint density at radius 2 is 1.92 bits per heavy atom. The van der Waals surface area contributed by atoms with Crippen LogP contribution in [0.3, 0.4) is 0 Å². The second-order valence-electron chi connectivity index (χ2n) is 5.27. The summed E-state index contributed by atoms with van der Waals surface area (Å²) in [5, 5.41) is 2.50. The van der Waals surface area contributed by atoms with Gasteiger partial charge in [0.05, 0.1) is 11.6 Å². The number of benzene rings is 2.